The topological polar surface area (TPSA) is 128 Å². The first kappa shape index (κ1) is 18.4. The highest BCUT2D eigenvalue weighted by Crippen LogP contribution is 2.29. The van der Waals surface area contributed by atoms with Crippen LogP contribution in [0.3, 0.4) is 0 Å². The van der Waals surface area contributed by atoms with E-state index in [2.05, 4.69) is 5.10 Å². The predicted molar refractivity (Wildman–Crippen MR) is 93.0 cm³/mol. The molecule has 0 radical (unpaired) electrons. The maximum atomic E-state index is 12.7. The second-order valence-corrected chi connectivity index (χ2v) is 6.18. The summed E-state index contributed by atoms with van der Waals surface area (Å²) in [6, 6.07) is 4.07. The van der Waals surface area contributed by atoms with Gasteiger partial charge >= 0.3 is 11.7 Å². The zero-order valence-corrected chi connectivity index (χ0v) is 14.6. The van der Waals surface area contributed by atoms with Crippen LogP contribution < -0.4 is 4.74 Å². The molecule has 2 aromatic rings. The number of rotatable bonds is 5. The molecule has 1 N–H and O–H groups in total. The Morgan fingerprint density at radius 2 is 2.00 bits per heavy atom. The standard InChI is InChI=1S/C17H18N4O6/c1-27-15-8-11(2-3-14(15)21(25)26)16(22)19-6-4-13(5-7-19)20-10-12(9-18-20)17(23)24/h2-3,8-10,13H,4-7H2,1H3,(H,23,24). The molecular weight excluding hydrogens is 356 g/mol. The molecular formula is C17H18N4O6. The second kappa shape index (κ2) is 7.44. The van der Waals surface area contributed by atoms with Crippen LogP contribution in [0.4, 0.5) is 5.69 Å². The summed E-state index contributed by atoms with van der Waals surface area (Å²) in [5.41, 5.74) is 0.260. The molecule has 1 aliphatic rings. The Morgan fingerprint density at radius 3 is 2.56 bits per heavy atom. The Morgan fingerprint density at radius 1 is 1.30 bits per heavy atom. The molecule has 0 saturated carbocycles. The molecule has 3 rings (SSSR count). The van der Waals surface area contributed by atoms with Crippen LogP contribution in [-0.2, 0) is 0 Å². The van der Waals surface area contributed by atoms with Crippen molar-refractivity contribution < 1.29 is 24.4 Å². The molecule has 2 heterocycles. The van der Waals surface area contributed by atoms with Gasteiger partial charge in [0.05, 0.1) is 29.8 Å². The number of aromatic nitrogens is 2. The molecule has 0 unspecified atom stereocenters. The lowest BCUT2D eigenvalue weighted by Crippen LogP contribution is -2.39. The van der Waals surface area contributed by atoms with Gasteiger partial charge in [-0.1, -0.05) is 0 Å². The van der Waals surface area contributed by atoms with Crippen molar-refractivity contribution in [2.24, 2.45) is 0 Å². The van der Waals surface area contributed by atoms with E-state index in [1.165, 1.54) is 37.7 Å². The number of hydrogen-bond acceptors (Lipinski definition) is 6. The van der Waals surface area contributed by atoms with Gasteiger partial charge in [0.25, 0.3) is 5.91 Å². The van der Waals surface area contributed by atoms with Gasteiger partial charge < -0.3 is 14.7 Å². The SMILES string of the molecule is COc1cc(C(=O)N2CCC(n3cc(C(=O)O)cn3)CC2)ccc1[N+](=O)[O-]. The molecule has 10 nitrogen and oxygen atoms in total. The molecule has 0 atom stereocenters. The quantitative estimate of drug-likeness (QED) is 0.626. The summed E-state index contributed by atoms with van der Waals surface area (Å²) in [7, 11) is 1.32. The molecule has 1 fully saturated rings. The molecule has 1 amide bonds. The number of carboxylic acid groups (broad SMARTS) is 1. The number of likely N-dealkylation sites (tertiary alicyclic amines) is 1. The van der Waals surface area contributed by atoms with Gasteiger partial charge in [-0.15, -0.1) is 0 Å². The Balaban J connectivity index is 1.67. The third-order valence-corrected chi connectivity index (χ3v) is 4.60. The van der Waals surface area contributed by atoms with Gasteiger partial charge in [0.15, 0.2) is 5.75 Å². The van der Waals surface area contributed by atoms with Crippen molar-refractivity contribution in [2.45, 2.75) is 18.9 Å². The van der Waals surface area contributed by atoms with E-state index in [0.717, 1.165) is 0 Å². The normalized spacial score (nSPS) is 14.8. The number of nitro groups is 1. The number of nitrogens with zero attached hydrogens (tertiary/aromatic N) is 4. The fourth-order valence-electron chi connectivity index (χ4n) is 3.13. The summed E-state index contributed by atoms with van der Waals surface area (Å²) in [5.74, 6) is -1.22. The molecule has 142 valence electrons. The van der Waals surface area contributed by atoms with Gasteiger partial charge in [0.2, 0.25) is 0 Å². The molecule has 1 saturated heterocycles. The average Bonchev–Trinajstić information content (AvgIpc) is 3.17. The number of aromatic carboxylic acids is 1. The minimum atomic E-state index is -1.03. The van der Waals surface area contributed by atoms with E-state index in [1.807, 2.05) is 0 Å². The number of ether oxygens (including phenoxy) is 1. The number of benzene rings is 1. The molecule has 0 bridgehead atoms. The maximum absolute atomic E-state index is 12.7. The van der Waals surface area contributed by atoms with Crippen LogP contribution >= 0.6 is 0 Å². The first-order chi connectivity index (χ1) is 12.9. The number of nitro benzene ring substituents is 1. The number of methoxy groups -OCH3 is 1. The van der Waals surface area contributed by atoms with Gasteiger partial charge in [0, 0.05) is 37.0 Å². The summed E-state index contributed by atoms with van der Waals surface area (Å²) in [4.78, 5) is 35.7. The zero-order chi connectivity index (χ0) is 19.6. The van der Waals surface area contributed by atoms with E-state index < -0.39 is 10.9 Å². The van der Waals surface area contributed by atoms with Crippen LogP contribution in [0.25, 0.3) is 0 Å². The van der Waals surface area contributed by atoms with Crippen LogP contribution in [0.1, 0.15) is 39.6 Å². The molecule has 1 aliphatic heterocycles. The highest BCUT2D eigenvalue weighted by Gasteiger charge is 2.27. The minimum Gasteiger partial charge on any atom is -0.490 e. The van der Waals surface area contributed by atoms with Crippen LogP contribution in [0, 0.1) is 10.1 Å². The highest BCUT2D eigenvalue weighted by atomic mass is 16.6. The van der Waals surface area contributed by atoms with E-state index in [0.29, 0.717) is 31.5 Å². The van der Waals surface area contributed by atoms with Gasteiger partial charge in [-0.2, -0.15) is 5.10 Å². The lowest BCUT2D eigenvalue weighted by atomic mass is 10.0. The molecule has 1 aromatic carbocycles. The van der Waals surface area contributed by atoms with Crippen LogP contribution in [0.2, 0.25) is 0 Å². The van der Waals surface area contributed by atoms with Crippen molar-refractivity contribution in [3.63, 3.8) is 0 Å². The van der Waals surface area contributed by atoms with Gasteiger partial charge in [-0.25, -0.2) is 4.79 Å². The van der Waals surface area contributed by atoms with E-state index in [-0.39, 0.29) is 28.9 Å². The molecule has 0 aliphatic carbocycles. The van der Waals surface area contributed by atoms with E-state index in [4.69, 9.17) is 9.84 Å². The van der Waals surface area contributed by atoms with Crippen LogP contribution in [0.15, 0.2) is 30.6 Å². The van der Waals surface area contributed by atoms with Gasteiger partial charge in [-0.05, 0) is 18.9 Å². The Labute approximate surface area is 154 Å². The van der Waals surface area contributed by atoms with Crippen molar-refractivity contribution in [1.82, 2.24) is 14.7 Å². The minimum absolute atomic E-state index is 0.0218. The van der Waals surface area contributed by atoms with Gasteiger partial charge in [-0.3, -0.25) is 19.6 Å². The lowest BCUT2D eigenvalue weighted by molar-refractivity contribution is -0.385. The van der Waals surface area contributed by atoms with Crippen LogP contribution in [0.5, 0.6) is 5.75 Å². The second-order valence-electron chi connectivity index (χ2n) is 6.18. The Bertz CT molecular complexity index is 885. The van der Waals surface area contributed by atoms with Crippen molar-refractivity contribution in [3.05, 3.63) is 51.8 Å². The Hall–Kier alpha value is -3.43. The van der Waals surface area contributed by atoms with Crippen molar-refractivity contribution in [2.75, 3.05) is 20.2 Å². The number of carbonyl (C=O) groups excluding carboxylic acids is 1. The largest absolute Gasteiger partial charge is 0.490 e. The first-order valence-corrected chi connectivity index (χ1v) is 8.30. The number of amides is 1. The maximum Gasteiger partial charge on any atom is 0.338 e. The molecule has 0 spiro atoms. The summed E-state index contributed by atoms with van der Waals surface area (Å²) < 4.78 is 6.63. The van der Waals surface area contributed by atoms with E-state index in [9.17, 15) is 19.7 Å². The number of hydrogen-bond donors (Lipinski definition) is 1. The smallest absolute Gasteiger partial charge is 0.338 e. The van der Waals surface area contributed by atoms with Crippen LogP contribution in [-0.4, -0.2) is 56.8 Å². The summed E-state index contributed by atoms with van der Waals surface area (Å²) in [6.45, 7) is 0.954. The third-order valence-electron chi connectivity index (χ3n) is 4.60. The third kappa shape index (κ3) is 3.73. The number of carboxylic acids is 1. The van der Waals surface area contributed by atoms with Gasteiger partial charge in [0.1, 0.15) is 0 Å². The van der Waals surface area contributed by atoms with E-state index in [1.54, 1.807) is 9.58 Å². The van der Waals surface area contributed by atoms with Crippen molar-refractivity contribution >= 4 is 17.6 Å². The monoisotopic (exact) mass is 374 g/mol. The summed E-state index contributed by atoms with van der Waals surface area (Å²) >= 11 is 0. The van der Waals surface area contributed by atoms with Crippen molar-refractivity contribution in [1.29, 1.82) is 0 Å². The molecule has 10 heteroatoms. The Kier molecular flexibility index (Phi) is 5.06. The first-order valence-electron chi connectivity index (χ1n) is 8.30. The molecule has 1 aromatic heterocycles. The van der Waals surface area contributed by atoms with Crippen molar-refractivity contribution in [3.8, 4) is 5.75 Å². The van der Waals surface area contributed by atoms with E-state index >= 15 is 0 Å². The number of piperidine rings is 1. The molecule has 27 heavy (non-hydrogen) atoms. The summed E-state index contributed by atoms with van der Waals surface area (Å²) in [6.07, 6.45) is 4.07. The summed E-state index contributed by atoms with van der Waals surface area (Å²) in [5, 5.41) is 24.0. The fraction of sp³-hybridized carbons (Fsp3) is 0.353. The lowest BCUT2D eigenvalue weighted by Gasteiger charge is -2.32. The average molecular weight is 374 g/mol. The predicted octanol–water partition coefficient (Wildman–Crippen LogP) is 1.98. The fourth-order valence-corrected chi connectivity index (χ4v) is 3.13. The number of carbonyl (C=O) groups is 2. The zero-order valence-electron chi connectivity index (χ0n) is 14.6. The highest BCUT2D eigenvalue weighted by molar-refractivity contribution is 5.95.